The number of halogens is 2. The molecule has 6 nitrogen and oxygen atoms in total. The van der Waals surface area contributed by atoms with Gasteiger partial charge >= 0.3 is 0 Å². The summed E-state index contributed by atoms with van der Waals surface area (Å²) in [5, 5.41) is -0.0179. The Kier molecular flexibility index (Phi) is 3.79. The lowest BCUT2D eigenvalue weighted by Gasteiger charge is -2.06. The van der Waals surface area contributed by atoms with E-state index in [4.69, 9.17) is 11.6 Å². The summed E-state index contributed by atoms with van der Waals surface area (Å²) in [6, 6.07) is 3.20. The summed E-state index contributed by atoms with van der Waals surface area (Å²) in [4.78, 5) is 11.0. The van der Waals surface area contributed by atoms with Crippen molar-refractivity contribution in [2.75, 3.05) is 4.72 Å². The number of nitrogens with zero attached hydrogens (tertiary/aromatic N) is 3. The number of sulfonamides is 1. The number of anilines is 1. The van der Waals surface area contributed by atoms with Gasteiger partial charge in [-0.15, -0.1) is 0 Å². The van der Waals surface area contributed by atoms with E-state index >= 15 is 0 Å². The fraction of sp³-hybridized carbons (Fsp3) is 0. The van der Waals surface area contributed by atoms with Crippen LogP contribution in [-0.2, 0) is 10.0 Å². The van der Waals surface area contributed by atoms with Crippen LogP contribution in [0.3, 0.4) is 0 Å². The maximum absolute atomic E-state index is 11.9. The molecule has 0 aromatic carbocycles. The van der Waals surface area contributed by atoms with E-state index in [0.29, 0.717) is 0 Å². The molecular formula is C9H6BrClN4O2S. The highest BCUT2D eigenvalue weighted by Gasteiger charge is 2.15. The van der Waals surface area contributed by atoms with Gasteiger partial charge in [0.15, 0.2) is 0 Å². The molecule has 9 heteroatoms. The molecule has 0 aliphatic carbocycles. The predicted molar refractivity (Wildman–Crippen MR) is 69.8 cm³/mol. The molecule has 0 saturated carbocycles. The summed E-state index contributed by atoms with van der Waals surface area (Å²) in [5.41, 5.74) is 0. The number of hydrogen-bond donors (Lipinski definition) is 1. The quantitative estimate of drug-likeness (QED) is 0.858. The van der Waals surface area contributed by atoms with Gasteiger partial charge in [0.25, 0.3) is 10.0 Å². The van der Waals surface area contributed by atoms with Crippen molar-refractivity contribution < 1.29 is 8.42 Å². The van der Waals surface area contributed by atoms with Crippen LogP contribution in [0.15, 0.2) is 40.1 Å². The number of pyridine rings is 1. The van der Waals surface area contributed by atoms with Crippen LogP contribution in [0.2, 0.25) is 5.28 Å². The molecule has 1 N–H and O–H groups in total. The van der Waals surface area contributed by atoms with Gasteiger partial charge in [0.05, 0.1) is 12.4 Å². The van der Waals surface area contributed by atoms with Crippen molar-refractivity contribution in [1.82, 2.24) is 15.0 Å². The topological polar surface area (TPSA) is 84.8 Å². The number of aromatic nitrogens is 3. The Labute approximate surface area is 117 Å². The van der Waals surface area contributed by atoms with Crippen molar-refractivity contribution in [3.63, 3.8) is 0 Å². The summed E-state index contributed by atoms with van der Waals surface area (Å²) >= 11 is 8.69. The standard InChI is InChI=1S/C9H6BrClN4O2S/c10-6-1-2-8(12-3-6)15-18(16,17)7-4-13-9(11)14-5-7/h1-5H,(H,12,15). The second-order valence-corrected chi connectivity index (χ2v) is 6.09. The highest BCUT2D eigenvalue weighted by Crippen LogP contribution is 2.15. The molecule has 0 fully saturated rings. The highest BCUT2D eigenvalue weighted by molar-refractivity contribution is 9.10. The Morgan fingerprint density at radius 2 is 1.78 bits per heavy atom. The first-order valence-electron chi connectivity index (χ1n) is 4.59. The van der Waals surface area contributed by atoms with E-state index in [-0.39, 0.29) is 16.0 Å². The predicted octanol–water partition coefficient (Wildman–Crippen LogP) is 2.09. The molecule has 0 bridgehead atoms. The third kappa shape index (κ3) is 3.15. The maximum Gasteiger partial charge on any atom is 0.266 e. The zero-order chi connectivity index (χ0) is 13.2. The molecule has 0 spiro atoms. The van der Waals surface area contributed by atoms with Crippen molar-refractivity contribution in [3.8, 4) is 0 Å². The summed E-state index contributed by atoms with van der Waals surface area (Å²) < 4.78 is 26.9. The Bertz CT molecular complexity index is 645. The van der Waals surface area contributed by atoms with Crippen molar-refractivity contribution in [2.45, 2.75) is 4.90 Å². The fourth-order valence-electron chi connectivity index (χ4n) is 1.07. The van der Waals surface area contributed by atoms with Crippen molar-refractivity contribution in [3.05, 3.63) is 40.5 Å². The van der Waals surface area contributed by atoms with Crippen LogP contribution in [0.5, 0.6) is 0 Å². The molecule has 18 heavy (non-hydrogen) atoms. The molecule has 0 unspecified atom stereocenters. The lowest BCUT2D eigenvalue weighted by Crippen LogP contribution is -2.14. The Morgan fingerprint density at radius 3 is 2.33 bits per heavy atom. The lowest BCUT2D eigenvalue weighted by atomic mass is 10.5. The van der Waals surface area contributed by atoms with Crippen LogP contribution in [0.1, 0.15) is 0 Å². The molecular weight excluding hydrogens is 344 g/mol. The second kappa shape index (κ2) is 5.17. The minimum absolute atomic E-state index is 0.0179. The average Bonchev–Trinajstić information content (AvgIpc) is 2.32. The monoisotopic (exact) mass is 348 g/mol. The van der Waals surface area contributed by atoms with Crippen LogP contribution in [-0.4, -0.2) is 23.4 Å². The van der Waals surface area contributed by atoms with Crippen LogP contribution < -0.4 is 4.72 Å². The van der Waals surface area contributed by atoms with Gasteiger partial charge in [0.1, 0.15) is 10.7 Å². The van der Waals surface area contributed by atoms with Crippen LogP contribution in [0.25, 0.3) is 0 Å². The molecule has 0 radical (unpaired) electrons. The van der Waals surface area contributed by atoms with E-state index in [1.165, 1.54) is 12.3 Å². The highest BCUT2D eigenvalue weighted by atomic mass is 79.9. The number of hydrogen-bond acceptors (Lipinski definition) is 5. The molecule has 0 aliphatic rings. The molecule has 2 aromatic heterocycles. The SMILES string of the molecule is O=S(=O)(Nc1ccc(Br)cn1)c1cnc(Cl)nc1. The molecule has 0 amide bonds. The smallest absolute Gasteiger partial charge is 0.263 e. The van der Waals surface area contributed by atoms with Gasteiger partial charge in [0, 0.05) is 10.7 Å². The van der Waals surface area contributed by atoms with E-state index in [1.807, 2.05) is 0 Å². The fourth-order valence-corrected chi connectivity index (χ4v) is 2.30. The van der Waals surface area contributed by atoms with Crippen LogP contribution >= 0.6 is 27.5 Å². The number of nitrogens with one attached hydrogen (secondary N) is 1. The Balaban J connectivity index is 2.27. The van der Waals surface area contributed by atoms with Gasteiger partial charge in [-0.05, 0) is 39.7 Å². The van der Waals surface area contributed by atoms with Gasteiger partial charge in [-0.3, -0.25) is 4.72 Å². The number of rotatable bonds is 3. The lowest BCUT2D eigenvalue weighted by molar-refractivity contribution is 0.600. The minimum atomic E-state index is -3.75. The van der Waals surface area contributed by atoms with Gasteiger partial charge in [0.2, 0.25) is 5.28 Å². The summed E-state index contributed by atoms with van der Waals surface area (Å²) in [6.45, 7) is 0. The molecule has 0 saturated heterocycles. The molecule has 0 atom stereocenters. The van der Waals surface area contributed by atoms with Crippen molar-refractivity contribution in [1.29, 1.82) is 0 Å². The first-order valence-corrected chi connectivity index (χ1v) is 7.25. The molecule has 94 valence electrons. The maximum atomic E-state index is 11.9. The molecule has 2 heterocycles. The zero-order valence-electron chi connectivity index (χ0n) is 8.71. The van der Waals surface area contributed by atoms with E-state index in [0.717, 1.165) is 16.9 Å². The van der Waals surface area contributed by atoms with Crippen LogP contribution in [0.4, 0.5) is 5.82 Å². The third-order valence-electron chi connectivity index (χ3n) is 1.87. The summed E-state index contributed by atoms with van der Waals surface area (Å²) in [6.07, 6.45) is 3.73. The van der Waals surface area contributed by atoms with E-state index in [9.17, 15) is 8.42 Å². The van der Waals surface area contributed by atoms with Gasteiger partial charge in [-0.2, -0.15) is 0 Å². The Morgan fingerprint density at radius 1 is 1.11 bits per heavy atom. The van der Waals surface area contributed by atoms with Gasteiger partial charge in [-0.1, -0.05) is 0 Å². The van der Waals surface area contributed by atoms with E-state index in [2.05, 4.69) is 35.6 Å². The van der Waals surface area contributed by atoms with Gasteiger partial charge in [-0.25, -0.2) is 23.4 Å². The first-order chi connectivity index (χ1) is 8.47. The third-order valence-corrected chi connectivity index (χ3v) is 3.85. The van der Waals surface area contributed by atoms with Crippen molar-refractivity contribution in [2.24, 2.45) is 0 Å². The van der Waals surface area contributed by atoms with Gasteiger partial charge < -0.3 is 0 Å². The van der Waals surface area contributed by atoms with Crippen LogP contribution in [0, 0.1) is 0 Å². The first kappa shape index (κ1) is 13.2. The van der Waals surface area contributed by atoms with E-state index < -0.39 is 10.0 Å². The van der Waals surface area contributed by atoms with E-state index in [1.54, 1.807) is 6.07 Å². The average molecular weight is 350 g/mol. The molecule has 0 aliphatic heterocycles. The summed E-state index contributed by atoms with van der Waals surface area (Å²) in [5.74, 6) is 0.202. The van der Waals surface area contributed by atoms with Crippen molar-refractivity contribution >= 4 is 43.4 Å². The summed E-state index contributed by atoms with van der Waals surface area (Å²) in [7, 11) is -3.75. The minimum Gasteiger partial charge on any atom is -0.263 e. The second-order valence-electron chi connectivity index (χ2n) is 3.15. The molecule has 2 aromatic rings. The zero-order valence-corrected chi connectivity index (χ0v) is 11.9. The normalized spacial score (nSPS) is 11.2. The largest absolute Gasteiger partial charge is 0.266 e. The molecule has 2 rings (SSSR count). The Hall–Kier alpha value is -1.25.